The topological polar surface area (TPSA) is 75.3 Å². The second kappa shape index (κ2) is 5.66. The van der Waals surface area contributed by atoms with Crippen molar-refractivity contribution in [3.8, 4) is 5.75 Å². The number of amides is 1. The van der Waals surface area contributed by atoms with Crippen LogP contribution in [0.2, 0.25) is 0 Å². The number of nitrogens with two attached hydrogens (primary N) is 1. The molecule has 0 atom stereocenters. The molecule has 4 nitrogen and oxygen atoms in total. The Balaban J connectivity index is 2.25. The largest absolute Gasteiger partial charge is 0.507 e. The molecule has 0 unspecified atom stereocenters. The van der Waals surface area contributed by atoms with Crippen LogP contribution >= 0.6 is 0 Å². The van der Waals surface area contributed by atoms with E-state index in [0.717, 1.165) is 18.2 Å². The molecule has 20 heavy (non-hydrogen) atoms. The number of rotatable bonds is 3. The molecule has 0 saturated heterocycles. The van der Waals surface area contributed by atoms with E-state index in [4.69, 9.17) is 5.73 Å². The van der Waals surface area contributed by atoms with E-state index < -0.39 is 17.5 Å². The molecule has 0 heterocycles. The van der Waals surface area contributed by atoms with Crippen LogP contribution in [0.25, 0.3) is 0 Å². The smallest absolute Gasteiger partial charge is 0.259 e. The Morgan fingerprint density at radius 1 is 1.20 bits per heavy atom. The molecular weight excluding hydrogens is 266 g/mol. The van der Waals surface area contributed by atoms with Gasteiger partial charge in [-0.15, -0.1) is 0 Å². The average molecular weight is 278 g/mol. The first-order chi connectivity index (χ1) is 9.51. The number of benzene rings is 2. The van der Waals surface area contributed by atoms with E-state index in [1.165, 1.54) is 12.1 Å². The molecule has 0 radical (unpaired) electrons. The predicted octanol–water partition coefficient (Wildman–Crippen LogP) is 2.38. The highest BCUT2D eigenvalue weighted by atomic mass is 19.1. The van der Waals surface area contributed by atoms with Gasteiger partial charge in [0.25, 0.3) is 5.91 Å². The van der Waals surface area contributed by atoms with Crippen LogP contribution < -0.4 is 11.1 Å². The molecule has 6 heteroatoms. The van der Waals surface area contributed by atoms with Gasteiger partial charge in [-0.2, -0.15) is 0 Å². The Kier molecular flexibility index (Phi) is 3.95. The standard InChI is InChI=1S/C14H12F2N2O2/c15-9-2-4-13(19)10(6-9)14(20)18-12-3-1-8(7-17)5-11(12)16/h1-6,19H,7,17H2,(H,18,20). The lowest BCUT2D eigenvalue weighted by atomic mass is 10.1. The number of nitrogens with one attached hydrogen (secondary N) is 1. The Bertz CT molecular complexity index is 660. The van der Waals surface area contributed by atoms with Gasteiger partial charge in [-0.1, -0.05) is 6.07 Å². The number of phenols is 1. The summed E-state index contributed by atoms with van der Waals surface area (Å²) in [6, 6.07) is 7.05. The van der Waals surface area contributed by atoms with Gasteiger partial charge in [0, 0.05) is 6.54 Å². The van der Waals surface area contributed by atoms with Crippen molar-refractivity contribution in [1.82, 2.24) is 0 Å². The summed E-state index contributed by atoms with van der Waals surface area (Å²) in [4.78, 5) is 11.9. The number of hydrogen-bond donors (Lipinski definition) is 3. The van der Waals surface area contributed by atoms with Crippen molar-refractivity contribution in [2.45, 2.75) is 6.54 Å². The number of anilines is 1. The summed E-state index contributed by atoms with van der Waals surface area (Å²) in [7, 11) is 0. The van der Waals surface area contributed by atoms with Gasteiger partial charge in [-0.3, -0.25) is 4.79 Å². The van der Waals surface area contributed by atoms with E-state index in [-0.39, 0.29) is 23.5 Å². The van der Waals surface area contributed by atoms with Crippen LogP contribution in [-0.2, 0) is 6.54 Å². The van der Waals surface area contributed by atoms with Crippen LogP contribution in [-0.4, -0.2) is 11.0 Å². The van der Waals surface area contributed by atoms with Gasteiger partial charge in [0.15, 0.2) is 0 Å². The second-order valence-corrected chi connectivity index (χ2v) is 4.13. The summed E-state index contributed by atoms with van der Waals surface area (Å²) in [6.07, 6.45) is 0. The average Bonchev–Trinajstić information content (AvgIpc) is 2.43. The fourth-order valence-corrected chi connectivity index (χ4v) is 1.67. The van der Waals surface area contributed by atoms with Gasteiger partial charge in [-0.05, 0) is 35.9 Å². The molecule has 0 fully saturated rings. The monoisotopic (exact) mass is 278 g/mol. The minimum absolute atomic E-state index is 0.0733. The Labute approximate surface area is 113 Å². The van der Waals surface area contributed by atoms with E-state index in [0.29, 0.717) is 5.56 Å². The normalized spacial score (nSPS) is 10.3. The van der Waals surface area contributed by atoms with Crippen LogP contribution in [0.3, 0.4) is 0 Å². The summed E-state index contributed by atoms with van der Waals surface area (Å²) in [5.74, 6) is -2.52. The van der Waals surface area contributed by atoms with E-state index in [9.17, 15) is 18.7 Å². The van der Waals surface area contributed by atoms with Gasteiger partial charge in [0.05, 0.1) is 11.3 Å². The molecule has 0 spiro atoms. The molecule has 0 aliphatic carbocycles. The highest BCUT2D eigenvalue weighted by Crippen LogP contribution is 2.21. The maximum atomic E-state index is 13.7. The van der Waals surface area contributed by atoms with Gasteiger partial charge in [-0.25, -0.2) is 8.78 Å². The third-order valence-electron chi connectivity index (χ3n) is 2.72. The van der Waals surface area contributed by atoms with E-state index in [2.05, 4.69) is 5.32 Å². The van der Waals surface area contributed by atoms with Gasteiger partial charge in [0.1, 0.15) is 17.4 Å². The Hall–Kier alpha value is -2.47. The summed E-state index contributed by atoms with van der Waals surface area (Å²) in [5, 5.41) is 11.8. The number of phenolic OH excluding ortho intramolecular Hbond substituents is 1. The van der Waals surface area contributed by atoms with E-state index in [1.54, 1.807) is 6.07 Å². The van der Waals surface area contributed by atoms with Gasteiger partial charge in [0.2, 0.25) is 0 Å². The fraction of sp³-hybridized carbons (Fsp3) is 0.0714. The number of halogens is 2. The molecule has 2 rings (SSSR count). The third-order valence-corrected chi connectivity index (χ3v) is 2.72. The van der Waals surface area contributed by atoms with Crippen LogP contribution in [0.5, 0.6) is 5.75 Å². The SMILES string of the molecule is NCc1ccc(NC(=O)c2cc(F)ccc2O)c(F)c1. The zero-order chi connectivity index (χ0) is 14.7. The zero-order valence-corrected chi connectivity index (χ0v) is 10.4. The lowest BCUT2D eigenvalue weighted by Gasteiger charge is -2.09. The Morgan fingerprint density at radius 3 is 2.60 bits per heavy atom. The summed E-state index contributed by atoms with van der Waals surface area (Å²) >= 11 is 0. The molecule has 2 aromatic rings. The second-order valence-electron chi connectivity index (χ2n) is 4.13. The molecule has 0 bridgehead atoms. The molecule has 0 aliphatic heterocycles. The van der Waals surface area contributed by atoms with Crippen LogP contribution in [0.4, 0.5) is 14.5 Å². The lowest BCUT2D eigenvalue weighted by molar-refractivity contribution is 0.102. The summed E-state index contributed by atoms with van der Waals surface area (Å²) in [5.41, 5.74) is 5.60. The van der Waals surface area contributed by atoms with Crippen molar-refractivity contribution >= 4 is 11.6 Å². The number of carbonyl (C=O) groups is 1. The number of carbonyl (C=O) groups excluding carboxylic acids is 1. The van der Waals surface area contributed by atoms with E-state index >= 15 is 0 Å². The van der Waals surface area contributed by atoms with Crippen molar-refractivity contribution in [3.63, 3.8) is 0 Å². The van der Waals surface area contributed by atoms with Gasteiger partial charge < -0.3 is 16.2 Å². The minimum Gasteiger partial charge on any atom is -0.507 e. The van der Waals surface area contributed by atoms with Crippen molar-refractivity contribution in [3.05, 3.63) is 59.2 Å². The van der Waals surface area contributed by atoms with Crippen LogP contribution in [0, 0.1) is 11.6 Å². The maximum absolute atomic E-state index is 13.7. The number of hydrogen-bond acceptors (Lipinski definition) is 3. The van der Waals surface area contributed by atoms with Crippen molar-refractivity contribution in [2.24, 2.45) is 5.73 Å². The molecule has 2 aromatic carbocycles. The highest BCUT2D eigenvalue weighted by molar-refractivity contribution is 6.06. The third kappa shape index (κ3) is 2.92. The molecule has 0 saturated carbocycles. The molecule has 1 amide bonds. The predicted molar refractivity (Wildman–Crippen MR) is 70.3 cm³/mol. The van der Waals surface area contributed by atoms with Crippen molar-refractivity contribution in [1.29, 1.82) is 0 Å². The molecule has 104 valence electrons. The van der Waals surface area contributed by atoms with Crippen LogP contribution in [0.1, 0.15) is 15.9 Å². The molecule has 0 aliphatic rings. The maximum Gasteiger partial charge on any atom is 0.259 e. The van der Waals surface area contributed by atoms with Crippen molar-refractivity contribution in [2.75, 3.05) is 5.32 Å². The molecule has 4 N–H and O–H groups in total. The fourth-order valence-electron chi connectivity index (χ4n) is 1.67. The summed E-state index contributed by atoms with van der Waals surface area (Å²) in [6.45, 7) is 0.176. The number of aromatic hydroxyl groups is 1. The quantitative estimate of drug-likeness (QED) is 0.807. The van der Waals surface area contributed by atoms with Gasteiger partial charge >= 0.3 is 0 Å². The lowest BCUT2D eigenvalue weighted by Crippen LogP contribution is -2.13. The van der Waals surface area contributed by atoms with E-state index in [1.807, 2.05) is 0 Å². The first kappa shape index (κ1) is 14.0. The van der Waals surface area contributed by atoms with Crippen molar-refractivity contribution < 1.29 is 18.7 Å². The summed E-state index contributed by atoms with van der Waals surface area (Å²) < 4.78 is 26.7. The minimum atomic E-state index is -0.804. The highest BCUT2D eigenvalue weighted by Gasteiger charge is 2.14. The first-order valence-corrected chi connectivity index (χ1v) is 5.79. The van der Waals surface area contributed by atoms with Crippen LogP contribution in [0.15, 0.2) is 36.4 Å². The first-order valence-electron chi connectivity index (χ1n) is 5.79. The zero-order valence-electron chi connectivity index (χ0n) is 10.4. The Morgan fingerprint density at radius 2 is 1.95 bits per heavy atom. The molecule has 0 aromatic heterocycles. The molecular formula is C14H12F2N2O2.